The highest BCUT2D eigenvalue weighted by atomic mass is 16.3. The molecule has 0 aromatic heterocycles. The molecule has 0 heterocycles. The number of amides is 2. The number of nitrogens with one attached hydrogen (secondary N) is 2. The number of urea groups is 1. The minimum absolute atomic E-state index is 0.222. The van der Waals surface area contributed by atoms with Gasteiger partial charge in [-0.1, -0.05) is 74.0 Å². The van der Waals surface area contributed by atoms with Crippen LogP contribution in [0.4, 0.5) is 4.79 Å². The van der Waals surface area contributed by atoms with E-state index in [-0.39, 0.29) is 18.6 Å². The van der Waals surface area contributed by atoms with E-state index in [0.717, 1.165) is 17.5 Å². The predicted molar refractivity (Wildman–Crippen MR) is 92.2 cm³/mol. The molecule has 0 saturated heterocycles. The zero-order valence-corrected chi connectivity index (χ0v) is 13.4. The van der Waals surface area contributed by atoms with E-state index < -0.39 is 6.10 Å². The Kier molecular flexibility index (Phi) is 6.63. The number of aliphatic hydroxyl groups is 1. The fraction of sp³-hybridized carbons (Fsp3) is 0.316. The van der Waals surface area contributed by atoms with Crippen LogP contribution in [0.3, 0.4) is 0 Å². The highest BCUT2D eigenvalue weighted by Gasteiger charge is 2.16. The summed E-state index contributed by atoms with van der Waals surface area (Å²) in [7, 11) is 0. The quantitative estimate of drug-likeness (QED) is 0.735. The first-order valence-electron chi connectivity index (χ1n) is 8.03. The Balaban J connectivity index is 2.05. The molecule has 0 bridgehead atoms. The van der Waals surface area contributed by atoms with Crippen LogP contribution in [0.15, 0.2) is 60.7 Å². The Labute approximate surface area is 137 Å². The fourth-order valence-corrected chi connectivity index (χ4v) is 2.48. The van der Waals surface area contributed by atoms with Gasteiger partial charge in [0.15, 0.2) is 0 Å². The van der Waals surface area contributed by atoms with Gasteiger partial charge < -0.3 is 15.7 Å². The molecule has 4 nitrogen and oxygen atoms in total. The molecule has 0 saturated carbocycles. The highest BCUT2D eigenvalue weighted by Crippen LogP contribution is 2.21. The number of aliphatic hydroxyl groups excluding tert-OH is 1. The summed E-state index contributed by atoms with van der Waals surface area (Å²) >= 11 is 0. The number of rotatable bonds is 7. The third-order valence-corrected chi connectivity index (χ3v) is 3.66. The van der Waals surface area contributed by atoms with Crippen molar-refractivity contribution >= 4 is 6.03 Å². The molecule has 3 N–H and O–H groups in total. The number of hydrogen-bond donors (Lipinski definition) is 3. The number of carbonyl (C=O) groups excluding carboxylic acids is 1. The van der Waals surface area contributed by atoms with Crippen molar-refractivity contribution in [2.75, 3.05) is 6.54 Å². The maximum atomic E-state index is 12.2. The lowest BCUT2D eigenvalue weighted by molar-refractivity contribution is 0.160. The standard InChI is InChI=1S/C19H24N2O2/c1-2-9-17(22)14-20-19(23)21-18(15-10-5-3-6-11-15)16-12-7-4-8-13-16/h3-8,10-13,17-18,22H,2,9,14H2,1H3,(H2,20,21,23). The van der Waals surface area contributed by atoms with Gasteiger partial charge in [-0.15, -0.1) is 0 Å². The van der Waals surface area contributed by atoms with E-state index in [1.54, 1.807) is 0 Å². The van der Waals surface area contributed by atoms with Gasteiger partial charge in [-0.25, -0.2) is 4.79 Å². The molecular weight excluding hydrogens is 288 g/mol. The van der Waals surface area contributed by atoms with Crippen LogP contribution >= 0.6 is 0 Å². The van der Waals surface area contributed by atoms with Gasteiger partial charge in [0, 0.05) is 6.54 Å². The average Bonchev–Trinajstić information content (AvgIpc) is 2.60. The lowest BCUT2D eigenvalue weighted by Gasteiger charge is -2.21. The van der Waals surface area contributed by atoms with Crippen molar-refractivity contribution in [3.8, 4) is 0 Å². The summed E-state index contributed by atoms with van der Waals surface area (Å²) in [6.45, 7) is 2.26. The minimum Gasteiger partial charge on any atom is -0.391 e. The van der Waals surface area contributed by atoms with Gasteiger partial charge >= 0.3 is 6.03 Å². The summed E-state index contributed by atoms with van der Waals surface area (Å²) in [5.74, 6) is 0. The summed E-state index contributed by atoms with van der Waals surface area (Å²) in [4.78, 5) is 12.2. The van der Waals surface area contributed by atoms with Crippen LogP contribution in [-0.4, -0.2) is 23.8 Å². The molecule has 4 heteroatoms. The molecule has 0 aliphatic heterocycles. The average molecular weight is 312 g/mol. The highest BCUT2D eigenvalue weighted by molar-refractivity contribution is 5.75. The molecule has 2 amide bonds. The van der Waals surface area contributed by atoms with Crippen LogP contribution in [0.1, 0.15) is 36.9 Å². The second kappa shape index (κ2) is 8.96. The molecule has 1 atom stereocenters. The normalized spacial score (nSPS) is 12.0. The van der Waals surface area contributed by atoms with Gasteiger partial charge in [-0.05, 0) is 17.5 Å². The lowest BCUT2D eigenvalue weighted by atomic mass is 9.99. The van der Waals surface area contributed by atoms with Crippen molar-refractivity contribution < 1.29 is 9.90 Å². The van der Waals surface area contributed by atoms with Gasteiger partial charge in [-0.2, -0.15) is 0 Å². The zero-order valence-electron chi connectivity index (χ0n) is 13.4. The second-order valence-corrected chi connectivity index (χ2v) is 5.55. The van der Waals surface area contributed by atoms with Crippen LogP contribution in [0.2, 0.25) is 0 Å². The van der Waals surface area contributed by atoms with Crippen molar-refractivity contribution in [3.63, 3.8) is 0 Å². The summed E-state index contributed by atoms with van der Waals surface area (Å²) in [5.41, 5.74) is 2.03. The number of benzene rings is 2. The van der Waals surface area contributed by atoms with Crippen LogP contribution in [-0.2, 0) is 0 Å². The lowest BCUT2D eigenvalue weighted by Crippen LogP contribution is -2.41. The SMILES string of the molecule is CCCC(O)CNC(=O)NC(c1ccccc1)c1ccccc1. The van der Waals surface area contributed by atoms with E-state index in [4.69, 9.17) is 0 Å². The largest absolute Gasteiger partial charge is 0.391 e. The van der Waals surface area contributed by atoms with Gasteiger partial charge in [-0.3, -0.25) is 0 Å². The molecule has 1 unspecified atom stereocenters. The molecule has 122 valence electrons. The first-order valence-corrected chi connectivity index (χ1v) is 8.03. The molecule has 0 aliphatic rings. The van der Waals surface area contributed by atoms with Crippen LogP contribution < -0.4 is 10.6 Å². The number of hydrogen-bond acceptors (Lipinski definition) is 2. The fourth-order valence-electron chi connectivity index (χ4n) is 2.48. The molecule has 2 rings (SSSR count). The molecule has 23 heavy (non-hydrogen) atoms. The van der Waals surface area contributed by atoms with Crippen molar-refractivity contribution in [1.82, 2.24) is 10.6 Å². The van der Waals surface area contributed by atoms with E-state index in [1.165, 1.54) is 0 Å². The van der Waals surface area contributed by atoms with E-state index >= 15 is 0 Å². The Morgan fingerprint density at radius 2 is 1.52 bits per heavy atom. The monoisotopic (exact) mass is 312 g/mol. The number of carbonyl (C=O) groups is 1. The Hall–Kier alpha value is -2.33. The molecule has 0 aliphatic carbocycles. The van der Waals surface area contributed by atoms with E-state index in [2.05, 4.69) is 10.6 Å². The maximum absolute atomic E-state index is 12.2. The minimum atomic E-state index is -0.502. The van der Waals surface area contributed by atoms with Gasteiger partial charge in [0.1, 0.15) is 0 Å². The van der Waals surface area contributed by atoms with Crippen LogP contribution in [0.25, 0.3) is 0 Å². The molecule has 0 radical (unpaired) electrons. The van der Waals surface area contributed by atoms with Crippen molar-refractivity contribution in [2.24, 2.45) is 0 Å². The van der Waals surface area contributed by atoms with Crippen molar-refractivity contribution in [2.45, 2.75) is 31.9 Å². The van der Waals surface area contributed by atoms with Crippen molar-refractivity contribution in [3.05, 3.63) is 71.8 Å². The molecular formula is C19H24N2O2. The summed E-state index contributed by atoms with van der Waals surface area (Å²) in [6, 6.07) is 19.2. The van der Waals surface area contributed by atoms with E-state index in [0.29, 0.717) is 6.42 Å². The molecule has 2 aromatic carbocycles. The van der Waals surface area contributed by atoms with Crippen molar-refractivity contribution in [1.29, 1.82) is 0 Å². The Morgan fingerprint density at radius 1 is 1.00 bits per heavy atom. The third-order valence-electron chi connectivity index (χ3n) is 3.66. The summed E-state index contributed by atoms with van der Waals surface area (Å²) < 4.78 is 0. The maximum Gasteiger partial charge on any atom is 0.315 e. The summed E-state index contributed by atoms with van der Waals surface area (Å²) in [6.07, 6.45) is 1.07. The third kappa shape index (κ3) is 5.42. The van der Waals surface area contributed by atoms with Crippen LogP contribution in [0, 0.1) is 0 Å². The Morgan fingerprint density at radius 3 is 2.00 bits per heavy atom. The van der Waals surface area contributed by atoms with Gasteiger partial charge in [0.25, 0.3) is 0 Å². The topological polar surface area (TPSA) is 61.4 Å². The molecule has 2 aromatic rings. The van der Waals surface area contributed by atoms with Gasteiger partial charge in [0.05, 0.1) is 12.1 Å². The van der Waals surface area contributed by atoms with E-state index in [1.807, 2.05) is 67.6 Å². The second-order valence-electron chi connectivity index (χ2n) is 5.55. The van der Waals surface area contributed by atoms with E-state index in [9.17, 15) is 9.90 Å². The van der Waals surface area contributed by atoms with Gasteiger partial charge in [0.2, 0.25) is 0 Å². The van der Waals surface area contributed by atoms with Crippen LogP contribution in [0.5, 0.6) is 0 Å². The predicted octanol–water partition coefficient (Wildman–Crippen LogP) is 3.24. The zero-order chi connectivity index (χ0) is 16.5. The first kappa shape index (κ1) is 17.0. The first-order chi connectivity index (χ1) is 11.2. The Bertz CT molecular complexity index is 547. The molecule has 0 spiro atoms. The molecule has 0 fully saturated rings. The smallest absolute Gasteiger partial charge is 0.315 e. The summed E-state index contributed by atoms with van der Waals surface area (Å²) in [5, 5.41) is 15.4.